The number of aliphatic hydroxyl groups excluding tert-OH is 9. The molecule has 0 spiro atoms. The molecule has 4 aliphatic rings. The molecule has 0 amide bonds. The van der Waals surface area contributed by atoms with Crippen LogP contribution in [0.2, 0.25) is 0 Å². The van der Waals surface area contributed by atoms with Gasteiger partial charge in [-0.25, -0.2) is 34.1 Å². The number of esters is 3. The van der Waals surface area contributed by atoms with Crippen molar-refractivity contribution >= 4 is 75.4 Å². The highest BCUT2D eigenvalue weighted by Gasteiger charge is 2.65. The zero-order chi connectivity index (χ0) is 71.5. The Hall–Kier alpha value is -10.4. The van der Waals surface area contributed by atoms with E-state index in [1.54, 1.807) is 91.0 Å². The molecule has 9 aromatic rings. The van der Waals surface area contributed by atoms with Gasteiger partial charge in [0.25, 0.3) is 0 Å². The number of carboxylic acids is 1. The first kappa shape index (κ1) is 69.1. The number of hydrogen-bond acceptors (Lipinski definition) is 30. The lowest BCUT2D eigenvalue weighted by Crippen LogP contribution is -2.70. The van der Waals surface area contributed by atoms with Gasteiger partial charge in [0.2, 0.25) is 48.8 Å². The lowest BCUT2D eigenvalue weighted by atomic mass is 9.95. The Labute approximate surface area is 566 Å². The van der Waals surface area contributed by atoms with E-state index >= 15 is 4.39 Å². The molecule has 4 saturated heterocycles. The van der Waals surface area contributed by atoms with Gasteiger partial charge in [-0.05, 0) is 54.6 Å². The first-order chi connectivity index (χ1) is 48.4. The molecule has 6 aromatic carbocycles. The van der Waals surface area contributed by atoms with Gasteiger partial charge in [0.15, 0.2) is 47.3 Å². The molecule has 3 aromatic heterocycles. The normalized spacial score (nSPS) is 30.4. The van der Waals surface area contributed by atoms with E-state index in [0.717, 1.165) is 0 Å². The number of aromatic nitrogens is 3. The number of hydrogen-bond donors (Lipinski definition) is 11. The van der Waals surface area contributed by atoms with Crippen molar-refractivity contribution < 1.29 is 140 Å². The molecule has 11 N–H and O–H groups in total. The van der Waals surface area contributed by atoms with Crippen molar-refractivity contribution in [2.75, 3.05) is 0 Å². The van der Waals surface area contributed by atoms with E-state index in [1.807, 2.05) is 0 Å². The number of ether oxygens (including phenoxy) is 10. The molecule has 526 valence electrons. The van der Waals surface area contributed by atoms with Crippen molar-refractivity contribution in [3.8, 4) is 51.6 Å². The second kappa shape index (κ2) is 28.0. The number of fused-ring (bicyclic) bond motifs is 3. The Morgan fingerprint density at radius 1 is 0.426 bits per heavy atom. The van der Waals surface area contributed by atoms with Crippen LogP contribution < -0.4 is 14.2 Å². The Kier molecular flexibility index (Phi) is 19.1. The third-order valence-corrected chi connectivity index (χ3v) is 16.9. The fourth-order valence-corrected chi connectivity index (χ4v) is 11.7. The Morgan fingerprint density at radius 3 is 1.04 bits per heavy atom. The zero-order valence-electron chi connectivity index (χ0n) is 52.0. The molecule has 20 atom stereocenters. The van der Waals surface area contributed by atoms with Gasteiger partial charge in [-0.1, -0.05) is 92.6 Å². The quantitative estimate of drug-likeness (QED) is 0.0409. The van der Waals surface area contributed by atoms with Crippen LogP contribution in [0.15, 0.2) is 160 Å². The van der Waals surface area contributed by atoms with Gasteiger partial charge in [0.1, 0.15) is 88.7 Å². The third kappa shape index (κ3) is 13.4. The van der Waals surface area contributed by atoms with Gasteiger partial charge in [-0.15, -0.1) is 0 Å². The van der Waals surface area contributed by atoms with Crippen molar-refractivity contribution in [1.82, 2.24) is 15.0 Å². The average Bonchev–Trinajstić information content (AvgIpc) is 1.63. The number of nitrogens with zero attached hydrogens (tertiary/aromatic N) is 3. The van der Waals surface area contributed by atoms with Gasteiger partial charge in [0.05, 0.1) is 0 Å². The summed E-state index contributed by atoms with van der Waals surface area (Å²) in [6, 6.07) is 29.1. The third-order valence-electron chi connectivity index (χ3n) is 16.9. The van der Waals surface area contributed by atoms with E-state index in [1.165, 1.54) is 54.6 Å². The molecule has 13 rings (SSSR count). The molecule has 4 fully saturated rings. The SMILES string of the molecule is C=Cc1cc(OC2O[C@H](C(=O)O[C@H]3[C@H](OC(=O)[C@H]4OC(Oc5cc(C=C)c6oc(-c7ccccc7)nc6c5)[C@H](O)[C@@H](O)[C@@H]4O)[C@@H](OC(=O)[C@H]4OC(Oc5cc(C=C)c6oc(-c7ccccc7)nc6c5)[C@H](O)[C@@H](O)[C@@H]4O)C(O)(F)O[C@@H]3C(=O)O)[C@@H](O)[C@H](O)[C@H]2O)cc2nc(-c3ccccc3)oc12. The summed E-state index contributed by atoms with van der Waals surface area (Å²) in [6.07, 6.45) is -44.8. The second-order valence-electron chi connectivity index (χ2n) is 23.5. The van der Waals surface area contributed by atoms with Gasteiger partial charge in [-0.2, -0.15) is 4.39 Å². The first-order valence-corrected chi connectivity index (χ1v) is 30.8. The van der Waals surface area contributed by atoms with Crippen molar-refractivity contribution in [2.24, 2.45) is 0 Å². The smallest absolute Gasteiger partial charge is 0.360 e. The topological polar surface area (TPSA) is 461 Å². The largest absolute Gasteiger partial charge is 0.479 e. The maximum absolute atomic E-state index is 17.3. The molecular formula is C69H60FN3O28. The van der Waals surface area contributed by atoms with Gasteiger partial charge < -0.3 is 117 Å². The van der Waals surface area contributed by atoms with E-state index in [0.29, 0.717) is 16.7 Å². The zero-order valence-corrected chi connectivity index (χ0v) is 52.0. The molecule has 31 nitrogen and oxygen atoms in total. The Bertz CT molecular complexity index is 4610. The number of carbonyl (C=O) groups excluding carboxylic acids is 3. The average molecular weight is 1400 g/mol. The molecule has 4 unspecified atom stereocenters. The lowest BCUT2D eigenvalue weighted by Gasteiger charge is -2.46. The predicted molar refractivity (Wildman–Crippen MR) is 339 cm³/mol. The number of aliphatic hydroxyl groups is 10. The fourth-order valence-electron chi connectivity index (χ4n) is 11.7. The van der Waals surface area contributed by atoms with Crippen molar-refractivity contribution in [3.05, 3.63) is 164 Å². The number of aliphatic carboxylic acids is 1. The lowest BCUT2D eigenvalue weighted by molar-refractivity contribution is -0.400. The molecule has 0 radical (unpaired) electrons. The van der Waals surface area contributed by atoms with Crippen LogP contribution in [-0.4, -0.2) is 218 Å². The Morgan fingerprint density at radius 2 is 0.733 bits per heavy atom. The summed E-state index contributed by atoms with van der Waals surface area (Å²) in [5.74, 6) is -8.54. The number of carbonyl (C=O) groups is 4. The van der Waals surface area contributed by atoms with E-state index in [2.05, 4.69) is 34.7 Å². The Balaban J connectivity index is 0.813. The molecule has 0 saturated carbocycles. The van der Waals surface area contributed by atoms with E-state index in [9.17, 15) is 75.3 Å². The highest BCUT2D eigenvalue weighted by molar-refractivity contribution is 5.89. The summed E-state index contributed by atoms with van der Waals surface area (Å²) in [5, 5.41) is 124. The number of carboxylic acid groups (broad SMARTS) is 1. The van der Waals surface area contributed by atoms with Crippen LogP contribution >= 0.6 is 0 Å². The minimum absolute atomic E-state index is 0.153. The maximum Gasteiger partial charge on any atom is 0.360 e. The predicted octanol–water partition coefficient (Wildman–Crippen LogP) is 2.83. The van der Waals surface area contributed by atoms with Crippen LogP contribution in [0.5, 0.6) is 17.2 Å². The standard InChI is InChI=1S/C69H60FN3O28/c1-4-28-22-34(25-37-49(28)92-59(71-37)31-16-10-7-11-17-31)89-66-46(80)40(74)43(77)52(97-66)63(85)95-55-56(96-64(86)53-44(78)41(75)47(81)67(98-53)90-35-23-29(5-2)50-38(26-35)72-60(93-50)32-18-12-8-13-19-32)58(69(70,88)101-57(55)62(83)84)100-65(87)54-45(79)42(76)48(82)68(99-54)91-36-24-30(6-3)51-39(27-36)73-61(94-51)33-20-14-9-15-21-33/h4-27,40-48,52-58,66-68,74-82,88H,1-3H2,(H,83,84)/t40-,41-,42-,43-,44-,45-,46+,47+,48+,52-,53-,54-,55-,56-,57-,58+,66?,67?,68?,69?/m0/s1. The van der Waals surface area contributed by atoms with Crippen molar-refractivity contribution in [3.63, 3.8) is 0 Å². The molecule has 0 aliphatic carbocycles. The van der Waals surface area contributed by atoms with Crippen LogP contribution in [0.25, 0.3) is 85.9 Å². The number of halogens is 1. The molecule has 101 heavy (non-hydrogen) atoms. The van der Waals surface area contributed by atoms with E-state index in [4.69, 9.17) is 60.6 Å². The van der Waals surface area contributed by atoms with Crippen LogP contribution in [0.4, 0.5) is 4.39 Å². The highest BCUT2D eigenvalue weighted by Crippen LogP contribution is 2.41. The van der Waals surface area contributed by atoms with E-state index in [-0.39, 0.29) is 84.9 Å². The summed E-state index contributed by atoms with van der Waals surface area (Å²) in [7, 11) is 0. The first-order valence-electron chi connectivity index (χ1n) is 30.8. The minimum Gasteiger partial charge on any atom is -0.479 e. The number of oxazole rings is 3. The van der Waals surface area contributed by atoms with Gasteiger partial charge in [0, 0.05) is 51.6 Å². The van der Waals surface area contributed by atoms with Gasteiger partial charge >= 0.3 is 29.9 Å². The minimum atomic E-state index is -4.76. The molecule has 4 aliphatic heterocycles. The van der Waals surface area contributed by atoms with Crippen molar-refractivity contribution in [2.45, 2.75) is 123 Å². The summed E-state index contributed by atoms with van der Waals surface area (Å²) < 4.78 is 91.3. The summed E-state index contributed by atoms with van der Waals surface area (Å²) in [4.78, 5) is 70.8. The highest BCUT2D eigenvalue weighted by atomic mass is 19.2. The molecular weight excluding hydrogens is 1340 g/mol. The second-order valence-corrected chi connectivity index (χ2v) is 23.5. The fraction of sp³-hybridized carbons (Fsp3) is 0.290. The number of rotatable bonds is 19. The van der Waals surface area contributed by atoms with Crippen LogP contribution in [0.1, 0.15) is 16.7 Å². The molecule has 7 heterocycles. The monoisotopic (exact) mass is 1400 g/mol. The number of alkyl halides is 1. The summed E-state index contributed by atoms with van der Waals surface area (Å²) in [5.41, 5.74) is 3.64. The van der Waals surface area contributed by atoms with Gasteiger partial charge in [-0.3, -0.25) is 0 Å². The summed E-state index contributed by atoms with van der Waals surface area (Å²) in [6.45, 7) is 11.4. The van der Waals surface area contributed by atoms with Crippen LogP contribution in [0, 0.1) is 0 Å². The summed E-state index contributed by atoms with van der Waals surface area (Å²) >= 11 is 0. The van der Waals surface area contributed by atoms with Crippen LogP contribution in [-0.2, 0) is 52.3 Å². The van der Waals surface area contributed by atoms with Crippen LogP contribution in [0.3, 0.4) is 0 Å². The molecule has 32 heteroatoms. The molecule has 0 bridgehead atoms. The number of benzene rings is 6. The van der Waals surface area contributed by atoms with Crippen molar-refractivity contribution in [1.29, 1.82) is 0 Å². The maximum atomic E-state index is 17.3. The van der Waals surface area contributed by atoms with E-state index < -0.39 is 146 Å².